The van der Waals surface area contributed by atoms with Crippen molar-refractivity contribution in [1.29, 1.82) is 0 Å². The second-order valence-electron chi connectivity index (χ2n) is 8.74. The number of benzene rings is 2. The summed E-state index contributed by atoms with van der Waals surface area (Å²) in [6, 6.07) is 16.4. The van der Waals surface area contributed by atoms with Crippen LogP contribution in [0.25, 0.3) is 0 Å². The molecule has 2 rings (SSSR count). The van der Waals surface area contributed by atoms with Gasteiger partial charge in [-0.1, -0.05) is 52.0 Å². The van der Waals surface area contributed by atoms with E-state index in [-0.39, 0.29) is 16.9 Å². The Kier molecular flexibility index (Phi) is 11.9. The smallest absolute Gasteiger partial charge is 0.126 e. The quantitative estimate of drug-likeness (QED) is 0.194. The maximum Gasteiger partial charge on any atom is 0.126 e. The van der Waals surface area contributed by atoms with Crippen molar-refractivity contribution in [3.63, 3.8) is 0 Å². The van der Waals surface area contributed by atoms with Gasteiger partial charge in [-0.15, -0.1) is 0 Å². The van der Waals surface area contributed by atoms with E-state index in [1.54, 1.807) is 0 Å². The molecule has 2 aromatic rings. The third kappa shape index (κ3) is 9.85. The van der Waals surface area contributed by atoms with Crippen molar-refractivity contribution in [2.75, 3.05) is 26.4 Å². The van der Waals surface area contributed by atoms with Crippen molar-refractivity contribution < 1.29 is 29.2 Å². The second-order valence-corrected chi connectivity index (χ2v) is 8.74. The van der Waals surface area contributed by atoms with Gasteiger partial charge in [0, 0.05) is 31.1 Å². The highest BCUT2D eigenvalue weighted by molar-refractivity contribution is 5.41. The van der Waals surface area contributed by atoms with E-state index in [2.05, 4.69) is 38.1 Å². The highest BCUT2D eigenvalue weighted by atomic mass is 16.5. The molecule has 6 heteroatoms. The number of hydrogen-bond acceptors (Lipinski definition) is 6. The monoisotopic (exact) mass is 484 g/mol. The molecule has 0 saturated carbocycles. The Bertz CT molecular complexity index is 838. The Morgan fingerprint density at radius 1 is 0.657 bits per heavy atom. The van der Waals surface area contributed by atoms with E-state index in [4.69, 9.17) is 18.9 Å². The first kappa shape index (κ1) is 28.0. The predicted molar refractivity (Wildman–Crippen MR) is 139 cm³/mol. The summed E-state index contributed by atoms with van der Waals surface area (Å²) >= 11 is 0. The molecule has 0 spiro atoms. The van der Waals surface area contributed by atoms with Gasteiger partial charge in [-0.05, 0) is 35.4 Å². The molecule has 0 fully saturated rings. The molecule has 0 aromatic heterocycles. The van der Waals surface area contributed by atoms with E-state index >= 15 is 0 Å². The summed E-state index contributed by atoms with van der Waals surface area (Å²) in [5.41, 5.74) is 2.23. The summed E-state index contributed by atoms with van der Waals surface area (Å²) in [5.74, 6) is 2.14. The van der Waals surface area contributed by atoms with Gasteiger partial charge in [0.1, 0.15) is 35.5 Å². The number of aliphatic hydroxyl groups excluding tert-OH is 2. The van der Waals surface area contributed by atoms with Crippen LogP contribution in [0.1, 0.15) is 64.5 Å². The maximum absolute atomic E-state index is 9.35. The molecule has 0 aliphatic heterocycles. The van der Waals surface area contributed by atoms with Crippen LogP contribution in [0.3, 0.4) is 0 Å². The second kappa shape index (κ2) is 14.9. The fraction of sp³-hybridized carbons (Fsp3) is 0.448. The Hall–Kier alpha value is -3.28. The molecule has 0 atom stereocenters. The number of rotatable bonds is 16. The Morgan fingerprint density at radius 3 is 1.37 bits per heavy atom. The van der Waals surface area contributed by atoms with Gasteiger partial charge < -0.3 is 29.2 Å². The molecule has 0 aliphatic carbocycles. The lowest BCUT2D eigenvalue weighted by Gasteiger charge is -2.26. The molecule has 6 nitrogen and oxygen atoms in total. The van der Waals surface area contributed by atoms with Crippen LogP contribution in [-0.2, 0) is 14.9 Å². The normalized spacial score (nSPS) is 12.3. The van der Waals surface area contributed by atoms with E-state index in [1.807, 2.05) is 38.1 Å². The first-order valence-electron chi connectivity index (χ1n) is 12.3. The third-order valence-corrected chi connectivity index (χ3v) is 5.67. The van der Waals surface area contributed by atoms with Gasteiger partial charge >= 0.3 is 0 Å². The van der Waals surface area contributed by atoms with E-state index in [9.17, 15) is 10.2 Å². The molecule has 0 heterocycles. The van der Waals surface area contributed by atoms with Crippen LogP contribution in [0.4, 0.5) is 0 Å². The standard InChI is InChI=1S/C29H40O6/c1-5-25(30)21-32-17-7-19-34-27-13-9-23(10-14-27)29(3,4)24-11-15-28(16-12-24)35-20-8-18-33-22-26(31)6-2/h9-16,21-22,30-31H,5-8,17-20H2,1-4H3. The lowest BCUT2D eigenvalue weighted by molar-refractivity contribution is 0.195. The molecule has 0 unspecified atom stereocenters. The van der Waals surface area contributed by atoms with Crippen LogP contribution in [-0.4, -0.2) is 36.6 Å². The fourth-order valence-electron chi connectivity index (χ4n) is 3.24. The van der Waals surface area contributed by atoms with Crippen molar-refractivity contribution in [1.82, 2.24) is 0 Å². The average molecular weight is 485 g/mol. The van der Waals surface area contributed by atoms with Gasteiger partial charge in [0.05, 0.1) is 26.4 Å². The largest absolute Gasteiger partial charge is 0.509 e. The van der Waals surface area contributed by atoms with Crippen molar-refractivity contribution in [3.8, 4) is 11.5 Å². The summed E-state index contributed by atoms with van der Waals surface area (Å²) in [5, 5.41) is 18.7. The zero-order valence-corrected chi connectivity index (χ0v) is 21.5. The summed E-state index contributed by atoms with van der Waals surface area (Å²) < 4.78 is 22.2. The Balaban J connectivity index is 1.79. The lowest BCUT2D eigenvalue weighted by Crippen LogP contribution is -2.18. The van der Waals surface area contributed by atoms with E-state index in [1.165, 1.54) is 23.7 Å². The van der Waals surface area contributed by atoms with Crippen LogP contribution in [0.5, 0.6) is 11.5 Å². The molecule has 0 bridgehead atoms. The zero-order valence-electron chi connectivity index (χ0n) is 21.5. The molecule has 0 saturated heterocycles. The fourth-order valence-corrected chi connectivity index (χ4v) is 3.24. The molecule has 0 aliphatic rings. The van der Waals surface area contributed by atoms with Gasteiger partial charge in [-0.2, -0.15) is 0 Å². The molecule has 35 heavy (non-hydrogen) atoms. The highest BCUT2D eigenvalue weighted by Gasteiger charge is 2.23. The van der Waals surface area contributed by atoms with E-state index < -0.39 is 0 Å². The van der Waals surface area contributed by atoms with Crippen LogP contribution in [0.2, 0.25) is 0 Å². The minimum absolute atomic E-state index is 0.167. The average Bonchev–Trinajstić information content (AvgIpc) is 2.88. The first-order chi connectivity index (χ1) is 16.9. The molecule has 192 valence electrons. The lowest BCUT2D eigenvalue weighted by atomic mass is 9.78. The molecule has 0 radical (unpaired) electrons. The first-order valence-corrected chi connectivity index (χ1v) is 12.3. The van der Waals surface area contributed by atoms with Crippen LogP contribution in [0.15, 0.2) is 72.6 Å². The van der Waals surface area contributed by atoms with Gasteiger partial charge in [0.25, 0.3) is 0 Å². The van der Waals surface area contributed by atoms with Crippen molar-refractivity contribution in [3.05, 3.63) is 83.7 Å². The number of ether oxygens (including phenoxy) is 4. The summed E-state index contributed by atoms with van der Waals surface area (Å²) in [6.07, 6.45) is 5.40. The minimum Gasteiger partial charge on any atom is -0.509 e. The third-order valence-electron chi connectivity index (χ3n) is 5.67. The molecule has 0 amide bonds. The Morgan fingerprint density at radius 2 is 1.03 bits per heavy atom. The highest BCUT2D eigenvalue weighted by Crippen LogP contribution is 2.33. The molecular weight excluding hydrogens is 444 g/mol. The summed E-state index contributed by atoms with van der Waals surface area (Å²) in [4.78, 5) is 0. The summed E-state index contributed by atoms with van der Waals surface area (Å²) in [6.45, 7) is 10.2. The topological polar surface area (TPSA) is 77.4 Å². The zero-order chi connectivity index (χ0) is 25.5. The number of allylic oxidation sites excluding steroid dienone is 2. The van der Waals surface area contributed by atoms with Gasteiger partial charge in [0.2, 0.25) is 0 Å². The number of hydrogen-bond donors (Lipinski definition) is 2. The molecule has 2 N–H and O–H groups in total. The van der Waals surface area contributed by atoms with Crippen molar-refractivity contribution in [2.45, 2.75) is 58.8 Å². The van der Waals surface area contributed by atoms with Crippen molar-refractivity contribution >= 4 is 0 Å². The van der Waals surface area contributed by atoms with Gasteiger partial charge in [-0.25, -0.2) is 0 Å². The SMILES string of the molecule is CCC(O)=COCCCOc1ccc(C(C)(C)c2ccc(OCCCOC=C(O)CC)cc2)cc1. The van der Waals surface area contributed by atoms with Gasteiger partial charge in [-0.3, -0.25) is 0 Å². The predicted octanol–water partition coefficient (Wildman–Crippen LogP) is 7.20. The molecule has 2 aromatic carbocycles. The summed E-state index contributed by atoms with van der Waals surface area (Å²) in [7, 11) is 0. The van der Waals surface area contributed by atoms with Crippen LogP contribution >= 0.6 is 0 Å². The van der Waals surface area contributed by atoms with E-state index in [0.717, 1.165) is 24.3 Å². The van der Waals surface area contributed by atoms with E-state index in [0.29, 0.717) is 39.3 Å². The Labute approximate surface area is 209 Å². The minimum atomic E-state index is -0.167. The van der Waals surface area contributed by atoms with Crippen LogP contribution < -0.4 is 9.47 Å². The van der Waals surface area contributed by atoms with Crippen LogP contribution in [0, 0.1) is 0 Å². The van der Waals surface area contributed by atoms with Crippen molar-refractivity contribution in [2.24, 2.45) is 0 Å². The maximum atomic E-state index is 9.35. The molecular formula is C29H40O6. The number of aliphatic hydroxyl groups is 2. The van der Waals surface area contributed by atoms with Gasteiger partial charge in [0.15, 0.2) is 0 Å².